The van der Waals surface area contributed by atoms with Crippen molar-refractivity contribution in [2.45, 2.75) is 70.3 Å². The number of carbonyl (C=O) groups is 1. The Morgan fingerprint density at radius 3 is 2.45 bits per heavy atom. The van der Waals surface area contributed by atoms with Crippen LogP contribution < -0.4 is 0 Å². The first kappa shape index (κ1) is 23.9. The first-order valence-corrected chi connectivity index (χ1v) is 12.0. The summed E-state index contributed by atoms with van der Waals surface area (Å²) in [5.74, 6) is 1.16. The SMILES string of the molecule is CN(C)CCn1c(CC(C)(C)C)nc2cc(SC3CN(C(=O)OC(C)(C)C)C3)ccc21. The lowest BCUT2D eigenvalue weighted by molar-refractivity contribution is 0.0144. The van der Waals surface area contributed by atoms with E-state index in [9.17, 15) is 4.79 Å². The number of fused-ring (bicyclic) bond motifs is 1. The molecule has 31 heavy (non-hydrogen) atoms. The molecule has 2 aromatic rings. The zero-order chi connectivity index (χ0) is 23.0. The molecule has 1 aromatic carbocycles. The van der Waals surface area contributed by atoms with E-state index < -0.39 is 5.60 Å². The molecule has 1 aromatic heterocycles. The van der Waals surface area contributed by atoms with Gasteiger partial charge in [0.2, 0.25) is 0 Å². The van der Waals surface area contributed by atoms with Gasteiger partial charge in [-0.05, 0) is 58.5 Å². The van der Waals surface area contributed by atoms with Crippen LogP contribution in [0.5, 0.6) is 0 Å². The van der Waals surface area contributed by atoms with Crippen LogP contribution in [0.25, 0.3) is 11.0 Å². The summed E-state index contributed by atoms with van der Waals surface area (Å²) in [6, 6.07) is 6.60. The van der Waals surface area contributed by atoms with Gasteiger partial charge >= 0.3 is 6.09 Å². The summed E-state index contributed by atoms with van der Waals surface area (Å²) in [5.41, 5.74) is 2.00. The van der Waals surface area contributed by atoms with Crippen LogP contribution in [0.2, 0.25) is 0 Å². The Bertz CT molecular complexity index is 918. The minimum Gasteiger partial charge on any atom is -0.444 e. The molecule has 6 nitrogen and oxygen atoms in total. The van der Waals surface area contributed by atoms with E-state index in [-0.39, 0.29) is 11.5 Å². The van der Waals surface area contributed by atoms with Crippen LogP contribution in [0.15, 0.2) is 23.1 Å². The molecule has 1 aliphatic rings. The van der Waals surface area contributed by atoms with Crippen LogP contribution in [0.1, 0.15) is 47.4 Å². The molecule has 0 radical (unpaired) electrons. The number of aromatic nitrogens is 2. The number of ether oxygens (including phenoxy) is 1. The van der Waals surface area contributed by atoms with Crippen molar-refractivity contribution in [1.29, 1.82) is 0 Å². The smallest absolute Gasteiger partial charge is 0.410 e. The molecule has 0 unspecified atom stereocenters. The van der Waals surface area contributed by atoms with Crippen LogP contribution in [-0.4, -0.2) is 70.0 Å². The van der Waals surface area contributed by atoms with E-state index in [0.717, 1.165) is 43.9 Å². The summed E-state index contributed by atoms with van der Waals surface area (Å²) in [7, 11) is 4.22. The Morgan fingerprint density at radius 2 is 1.87 bits per heavy atom. The number of hydrogen-bond acceptors (Lipinski definition) is 5. The molecule has 0 spiro atoms. The summed E-state index contributed by atoms with van der Waals surface area (Å²) in [4.78, 5) is 22.4. The Labute approximate surface area is 191 Å². The molecule has 2 heterocycles. The van der Waals surface area contributed by atoms with Crippen molar-refractivity contribution in [2.75, 3.05) is 33.7 Å². The number of benzene rings is 1. The highest BCUT2D eigenvalue weighted by atomic mass is 32.2. The predicted molar refractivity (Wildman–Crippen MR) is 129 cm³/mol. The topological polar surface area (TPSA) is 50.6 Å². The molecule has 0 N–H and O–H groups in total. The molecule has 0 saturated carbocycles. The molecule has 1 amide bonds. The fourth-order valence-electron chi connectivity index (χ4n) is 3.57. The second-order valence-corrected chi connectivity index (χ2v) is 12.4. The molecule has 1 saturated heterocycles. The van der Waals surface area contributed by atoms with Crippen molar-refractivity contribution in [3.8, 4) is 0 Å². The zero-order valence-electron chi connectivity index (χ0n) is 20.4. The maximum atomic E-state index is 12.2. The molecule has 0 atom stereocenters. The standard InChI is InChI=1S/C24H38N4O2S/c1-23(2,3)14-21-25-19-13-17(9-10-20(19)28(21)12-11-26(7)8)31-18-15-27(16-18)22(29)30-24(4,5)6/h9-10,13,18H,11-12,14-16H2,1-8H3. The number of carbonyl (C=O) groups excluding carboxylic acids is 1. The van der Waals surface area contributed by atoms with Gasteiger partial charge in [-0.25, -0.2) is 9.78 Å². The molecule has 172 valence electrons. The number of likely N-dealkylation sites (N-methyl/N-ethyl adjacent to an activating group) is 1. The van der Waals surface area contributed by atoms with Gasteiger partial charge in [0.25, 0.3) is 0 Å². The van der Waals surface area contributed by atoms with Gasteiger partial charge in [-0.2, -0.15) is 0 Å². The van der Waals surface area contributed by atoms with Crippen LogP contribution in [0.4, 0.5) is 4.79 Å². The Morgan fingerprint density at radius 1 is 1.19 bits per heavy atom. The van der Waals surface area contributed by atoms with Gasteiger partial charge in [-0.3, -0.25) is 0 Å². The molecule has 0 aliphatic carbocycles. The van der Waals surface area contributed by atoms with Crippen molar-refractivity contribution < 1.29 is 9.53 Å². The summed E-state index contributed by atoms with van der Waals surface area (Å²) in [5, 5.41) is 0.398. The van der Waals surface area contributed by atoms with Gasteiger partial charge in [0.1, 0.15) is 11.4 Å². The number of hydrogen-bond donors (Lipinski definition) is 0. The highest BCUT2D eigenvalue weighted by molar-refractivity contribution is 8.00. The number of imidazole rings is 1. The largest absolute Gasteiger partial charge is 0.444 e. The minimum absolute atomic E-state index is 0.186. The van der Waals surface area contributed by atoms with E-state index >= 15 is 0 Å². The summed E-state index contributed by atoms with van der Waals surface area (Å²) < 4.78 is 7.83. The van der Waals surface area contributed by atoms with E-state index in [1.807, 2.05) is 32.5 Å². The van der Waals surface area contributed by atoms with Crippen molar-refractivity contribution in [1.82, 2.24) is 19.4 Å². The summed E-state index contributed by atoms with van der Waals surface area (Å²) >= 11 is 1.82. The number of thioether (sulfide) groups is 1. The Balaban J connectivity index is 1.70. The van der Waals surface area contributed by atoms with Gasteiger partial charge in [0, 0.05) is 42.7 Å². The van der Waals surface area contributed by atoms with Gasteiger partial charge in [-0.1, -0.05) is 20.8 Å². The summed E-state index contributed by atoms with van der Waals surface area (Å²) in [6.45, 7) is 15.9. The van der Waals surface area contributed by atoms with Gasteiger partial charge in [0.05, 0.1) is 11.0 Å². The van der Waals surface area contributed by atoms with E-state index in [1.165, 1.54) is 10.4 Å². The second-order valence-electron chi connectivity index (χ2n) is 11.0. The first-order chi connectivity index (χ1) is 14.3. The molecule has 7 heteroatoms. The second kappa shape index (κ2) is 9.02. The monoisotopic (exact) mass is 446 g/mol. The summed E-state index contributed by atoms with van der Waals surface area (Å²) in [6.07, 6.45) is 0.733. The maximum Gasteiger partial charge on any atom is 0.410 e. The molecular weight excluding hydrogens is 408 g/mol. The normalized spacial score (nSPS) is 15.6. The van der Waals surface area contributed by atoms with E-state index in [1.54, 1.807) is 4.90 Å². The van der Waals surface area contributed by atoms with Crippen molar-refractivity contribution >= 4 is 28.9 Å². The Hall–Kier alpha value is -1.73. The average molecular weight is 447 g/mol. The van der Waals surface area contributed by atoms with Gasteiger partial charge in [0.15, 0.2) is 0 Å². The van der Waals surface area contributed by atoms with Crippen molar-refractivity contribution in [3.05, 3.63) is 24.0 Å². The average Bonchev–Trinajstić information content (AvgIpc) is 2.88. The molecule has 0 bridgehead atoms. The number of amides is 1. The zero-order valence-corrected chi connectivity index (χ0v) is 21.2. The molecule has 1 aliphatic heterocycles. The third kappa shape index (κ3) is 6.62. The fourth-order valence-corrected chi connectivity index (χ4v) is 4.79. The number of rotatable bonds is 6. The minimum atomic E-state index is -0.448. The van der Waals surface area contributed by atoms with E-state index in [4.69, 9.17) is 9.72 Å². The number of nitrogens with zero attached hydrogens (tertiary/aromatic N) is 4. The Kier molecular flexibility index (Phi) is 6.96. The van der Waals surface area contributed by atoms with Crippen LogP contribution in [0, 0.1) is 5.41 Å². The quantitative estimate of drug-likeness (QED) is 0.632. The maximum absolute atomic E-state index is 12.2. The lowest BCUT2D eigenvalue weighted by Gasteiger charge is -2.39. The van der Waals surface area contributed by atoms with E-state index in [2.05, 4.69) is 62.5 Å². The molecule has 1 fully saturated rings. The van der Waals surface area contributed by atoms with E-state index in [0.29, 0.717) is 5.25 Å². The number of likely N-dealkylation sites (tertiary alicyclic amines) is 1. The van der Waals surface area contributed by atoms with Gasteiger partial charge in [-0.15, -0.1) is 11.8 Å². The van der Waals surface area contributed by atoms with Crippen LogP contribution in [-0.2, 0) is 17.7 Å². The van der Waals surface area contributed by atoms with Crippen LogP contribution in [0.3, 0.4) is 0 Å². The van der Waals surface area contributed by atoms with Crippen molar-refractivity contribution in [3.63, 3.8) is 0 Å². The van der Waals surface area contributed by atoms with Crippen LogP contribution >= 0.6 is 11.8 Å². The highest BCUT2D eigenvalue weighted by Gasteiger charge is 2.34. The predicted octanol–water partition coefficient (Wildman–Crippen LogP) is 4.90. The lowest BCUT2D eigenvalue weighted by Crippen LogP contribution is -2.53. The van der Waals surface area contributed by atoms with Crippen molar-refractivity contribution in [2.24, 2.45) is 5.41 Å². The molecular formula is C24H38N4O2S. The van der Waals surface area contributed by atoms with Gasteiger partial charge < -0.3 is 19.1 Å². The molecule has 3 rings (SSSR count). The lowest BCUT2D eigenvalue weighted by atomic mass is 9.92. The fraction of sp³-hybridized carbons (Fsp3) is 0.667. The third-order valence-electron chi connectivity index (χ3n) is 5.06. The highest BCUT2D eigenvalue weighted by Crippen LogP contribution is 2.33. The third-order valence-corrected chi connectivity index (χ3v) is 6.22. The first-order valence-electron chi connectivity index (χ1n) is 11.1.